The smallest absolute Gasteiger partial charge is 0.270 e. The van der Waals surface area contributed by atoms with E-state index in [9.17, 15) is 19.7 Å². The highest BCUT2D eigenvalue weighted by Gasteiger charge is 2.33. The Morgan fingerprint density at radius 3 is 2.57 bits per heavy atom. The van der Waals surface area contributed by atoms with Crippen molar-refractivity contribution in [1.29, 1.82) is 5.26 Å². The summed E-state index contributed by atoms with van der Waals surface area (Å²) in [4.78, 5) is 36.9. The van der Waals surface area contributed by atoms with E-state index in [2.05, 4.69) is 0 Å². The van der Waals surface area contributed by atoms with Crippen molar-refractivity contribution >= 4 is 22.2 Å². The second-order valence-electron chi connectivity index (χ2n) is 6.51. The molecule has 1 heterocycles. The van der Waals surface area contributed by atoms with E-state index in [1.54, 1.807) is 12.1 Å². The molecule has 0 amide bonds. The van der Waals surface area contributed by atoms with Gasteiger partial charge >= 0.3 is 0 Å². The lowest BCUT2D eigenvalue weighted by Crippen LogP contribution is -2.24. The van der Waals surface area contributed by atoms with Gasteiger partial charge in [0.25, 0.3) is 11.2 Å². The van der Waals surface area contributed by atoms with Crippen molar-refractivity contribution in [3.05, 3.63) is 73.6 Å². The molecule has 0 saturated heterocycles. The highest BCUT2D eigenvalue weighted by molar-refractivity contribution is 6.26. The van der Waals surface area contributed by atoms with Crippen LogP contribution in [-0.4, -0.2) is 21.8 Å². The summed E-state index contributed by atoms with van der Waals surface area (Å²) < 4.78 is 1.46. The lowest BCUT2D eigenvalue weighted by atomic mass is 10.0. The molecule has 28 heavy (non-hydrogen) atoms. The van der Waals surface area contributed by atoms with Crippen molar-refractivity contribution in [3.63, 3.8) is 0 Å². The van der Waals surface area contributed by atoms with Crippen LogP contribution in [0.1, 0.15) is 27.9 Å². The molecule has 0 unspecified atom stereocenters. The first-order chi connectivity index (χ1) is 13.5. The molecule has 0 bridgehead atoms. The maximum absolute atomic E-state index is 13.1. The van der Waals surface area contributed by atoms with E-state index >= 15 is 0 Å². The van der Waals surface area contributed by atoms with Crippen molar-refractivity contribution in [3.8, 4) is 17.3 Å². The molecule has 0 aliphatic heterocycles. The molecular weight excluding hydrogens is 360 g/mol. The first-order valence-electron chi connectivity index (χ1n) is 8.62. The van der Waals surface area contributed by atoms with Gasteiger partial charge < -0.3 is 10.3 Å². The average molecular weight is 374 g/mol. The van der Waals surface area contributed by atoms with E-state index in [4.69, 9.17) is 11.0 Å². The summed E-state index contributed by atoms with van der Waals surface area (Å²) in [5.74, 6) is -0.303. The van der Waals surface area contributed by atoms with Crippen LogP contribution in [0.4, 0.5) is 5.69 Å². The van der Waals surface area contributed by atoms with Crippen LogP contribution >= 0.6 is 0 Å². The highest BCUT2D eigenvalue weighted by Crippen LogP contribution is 2.40. The number of benzene rings is 2. The van der Waals surface area contributed by atoms with Crippen molar-refractivity contribution in [2.45, 2.75) is 13.0 Å². The monoisotopic (exact) mass is 374 g/mol. The van der Waals surface area contributed by atoms with Crippen LogP contribution in [0.3, 0.4) is 0 Å². The fourth-order valence-corrected chi connectivity index (χ4v) is 3.67. The molecule has 2 aromatic carbocycles. The van der Waals surface area contributed by atoms with Gasteiger partial charge in [0.2, 0.25) is 0 Å². The first-order valence-corrected chi connectivity index (χ1v) is 8.62. The van der Waals surface area contributed by atoms with Gasteiger partial charge in [-0.2, -0.15) is 5.26 Å². The van der Waals surface area contributed by atoms with Gasteiger partial charge in [-0.3, -0.25) is 19.7 Å². The zero-order valence-electron chi connectivity index (χ0n) is 14.6. The van der Waals surface area contributed by atoms with E-state index in [1.165, 1.54) is 28.8 Å². The SMILES string of the molecule is N#Cc1ccc2c(c1)C(=O)c1c-2n(CCCN)c(=O)c2cc([N+](=O)[O-])ccc12. The van der Waals surface area contributed by atoms with Crippen molar-refractivity contribution in [2.24, 2.45) is 5.73 Å². The highest BCUT2D eigenvalue weighted by atomic mass is 16.6. The van der Waals surface area contributed by atoms with Crippen molar-refractivity contribution in [1.82, 2.24) is 4.57 Å². The zero-order chi connectivity index (χ0) is 20.0. The third-order valence-electron chi connectivity index (χ3n) is 4.93. The Balaban J connectivity index is 2.12. The van der Waals surface area contributed by atoms with Crippen LogP contribution in [-0.2, 0) is 6.54 Å². The summed E-state index contributed by atoms with van der Waals surface area (Å²) in [6.07, 6.45) is 0.507. The van der Waals surface area contributed by atoms with Gasteiger partial charge in [-0.1, -0.05) is 6.07 Å². The van der Waals surface area contributed by atoms with Crippen LogP contribution in [0.2, 0.25) is 0 Å². The molecule has 1 aromatic heterocycles. The Morgan fingerprint density at radius 2 is 1.89 bits per heavy atom. The molecule has 0 fully saturated rings. The van der Waals surface area contributed by atoms with Gasteiger partial charge in [0.1, 0.15) is 0 Å². The molecule has 138 valence electrons. The number of carbonyl (C=O) groups is 1. The van der Waals surface area contributed by atoms with E-state index in [0.717, 1.165) is 0 Å². The van der Waals surface area contributed by atoms with Crippen molar-refractivity contribution in [2.75, 3.05) is 6.54 Å². The number of pyridine rings is 1. The Labute approximate surface area is 158 Å². The summed E-state index contributed by atoms with van der Waals surface area (Å²) in [5.41, 5.74) is 7.05. The molecule has 0 radical (unpaired) electrons. The number of nitro benzene ring substituents is 1. The number of fused-ring (bicyclic) bond motifs is 5. The number of nitro groups is 1. The van der Waals surface area contributed by atoms with Crippen LogP contribution in [0, 0.1) is 21.4 Å². The Morgan fingerprint density at radius 1 is 1.11 bits per heavy atom. The number of hydrogen-bond donors (Lipinski definition) is 1. The molecule has 4 rings (SSSR count). The van der Waals surface area contributed by atoms with E-state index < -0.39 is 10.5 Å². The number of hydrogen-bond acceptors (Lipinski definition) is 6. The number of rotatable bonds is 4. The summed E-state index contributed by atoms with van der Waals surface area (Å²) in [6.45, 7) is 0.630. The van der Waals surface area contributed by atoms with Gasteiger partial charge in [0.05, 0.1) is 33.2 Å². The number of nitrogens with zero attached hydrogens (tertiary/aromatic N) is 3. The van der Waals surface area contributed by atoms with E-state index in [-0.39, 0.29) is 23.4 Å². The largest absolute Gasteiger partial charge is 0.330 e. The third kappa shape index (κ3) is 2.41. The zero-order valence-corrected chi connectivity index (χ0v) is 14.6. The molecule has 0 spiro atoms. The Kier molecular flexibility index (Phi) is 4.02. The number of carbonyl (C=O) groups excluding carboxylic acids is 1. The topological polar surface area (TPSA) is 132 Å². The van der Waals surface area contributed by atoms with E-state index in [1.807, 2.05) is 6.07 Å². The molecular formula is C20H14N4O4. The van der Waals surface area contributed by atoms with Gasteiger partial charge in [-0.05, 0) is 31.2 Å². The summed E-state index contributed by atoms with van der Waals surface area (Å²) in [7, 11) is 0. The predicted molar refractivity (Wildman–Crippen MR) is 102 cm³/mol. The van der Waals surface area contributed by atoms with Crippen LogP contribution in [0.5, 0.6) is 0 Å². The minimum absolute atomic E-state index is 0.117. The maximum atomic E-state index is 13.1. The van der Waals surface area contributed by atoms with Crippen molar-refractivity contribution < 1.29 is 9.72 Å². The molecule has 8 heteroatoms. The average Bonchev–Trinajstić information content (AvgIpc) is 2.99. The van der Waals surface area contributed by atoms with Gasteiger partial charge in [-0.15, -0.1) is 0 Å². The number of non-ortho nitro benzene ring substituents is 1. The van der Waals surface area contributed by atoms with Crippen LogP contribution in [0.25, 0.3) is 22.0 Å². The Hall–Kier alpha value is -3.83. The number of ketones is 1. The molecule has 1 aliphatic rings. The number of nitrogens with two attached hydrogens (primary N) is 1. The lowest BCUT2D eigenvalue weighted by Gasteiger charge is -2.14. The fraction of sp³-hybridized carbons (Fsp3) is 0.150. The first kappa shape index (κ1) is 17.6. The van der Waals surface area contributed by atoms with Gasteiger partial charge in [0.15, 0.2) is 5.78 Å². The van der Waals surface area contributed by atoms with Gasteiger partial charge in [0, 0.05) is 35.2 Å². The predicted octanol–water partition coefficient (Wildman–Crippen LogP) is 2.34. The molecule has 0 saturated carbocycles. The fourth-order valence-electron chi connectivity index (χ4n) is 3.67. The lowest BCUT2D eigenvalue weighted by molar-refractivity contribution is -0.384. The summed E-state index contributed by atoms with van der Waals surface area (Å²) in [5, 5.41) is 20.8. The second kappa shape index (κ2) is 6.40. The standard InChI is InChI=1S/C20H14N4O4/c21-6-1-7-23-18-14-4-2-11(10-22)8-15(14)19(25)17(18)13-5-3-12(24(27)28)9-16(13)20(23)26/h2-5,8-9H,1,6-7,21H2. The van der Waals surface area contributed by atoms with Crippen LogP contribution < -0.4 is 11.3 Å². The normalized spacial score (nSPS) is 11.9. The maximum Gasteiger partial charge on any atom is 0.270 e. The van der Waals surface area contributed by atoms with Crippen LogP contribution in [0.15, 0.2) is 41.2 Å². The molecule has 1 aliphatic carbocycles. The molecule has 3 aromatic rings. The second-order valence-corrected chi connectivity index (χ2v) is 6.51. The van der Waals surface area contributed by atoms with Gasteiger partial charge in [-0.25, -0.2) is 0 Å². The minimum Gasteiger partial charge on any atom is -0.330 e. The summed E-state index contributed by atoms with van der Waals surface area (Å²) in [6, 6.07) is 10.7. The third-order valence-corrected chi connectivity index (χ3v) is 4.93. The summed E-state index contributed by atoms with van der Waals surface area (Å²) >= 11 is 0. The van der Waals surface area contributed by atoms with E-state index in [0.29, 0.717) is 46.3 Å². The number of aromatic nitrogens is 1. The Bertz CT molecular complexity index is 1280. The number of nitriles is 1. The quantitative estimate of drug-likeness (QED) is 0.431. The molecule has 0 atom stereocenters. The minimum atomic E-state index is -0.577. The molecule has 2 N–H and O–H groups in total. The molecule has 8 nitrogen and oxygen atoms in total.